The van der Waals surface area contributed by atoms with E-state index in [1.807, 2.05) is 6.07 Å². The minimum absolute atomic E-state index is 0.196. The average Bonchev–Trinajstić information content (AvgIpc) is 3.53. The zero-order valence-corrected chi connectivity index (χ0v) is 24.0. The maximum atomic E-state index is 14.5. The molecule has 0 radical (unpaired) electrons. The van der Waals surface area contributed by atoms with E-state index in [4.69, 9.17) is 0 Å². The molecule has 2 aliphatic heterocycles. The van der Waals surface area contributed by atoms with E-state index < -0.39 is 10.9 Å². The normalized spacial score (nSPS) is 24.3. The first-order valence-electron chi connectivity index (χ1n) is 14.8. The number of hydrogen-bond donors (Lipinski definition) is 3. The molecule has 1 saturated carbocycles. The molecule has 0 spiro atoms. The summed E-state index contributed by atoms with van der Waals surface area (Å²) in [7, 11) is -2.69. The molecule has 1 aromatic carbocycles. The molecule has 3 fully saturated rings. The molecule has 38 heavy (non-hydrogen) atoms. The van der Waals surface area contributed by atoms with Crippen molar-refractivity contribution in [3.05, 3.63) is 35.3 Å². The van der Waals surface area contributed by atoms with Gasteiger partial charge in [0.15, 0.2) is 0 Å². The summed E-state index contributed by atoms with van der Waals surface area (Å²) in [5.41, 5.74) is 6.40. The van der Waals surface area contributed by atoms with Gasteiger partial charge < -0.3 is 9.47 Å². The second kappa shape index (κ2) is 12.8. The zero-order chi connectivity index (χ0) is 26.6. The summed E-state index contributed by atoms with van der Waals surface area (Å²) in [6.07, 6.45) is 10.7. The maximum absolute atomic E-state index is 14.5. The third-order valence-corrected chi connectivity index (χ3v) is 9.83. The molecule has 5 rings (SSSR count). The van der Waals surface area contributed by atoms with Gasteiger partial charge in [-0.05, 0) is 100 Å². The van der Waals surface area contributed by atoms with Gasteiger partial charge in [0.1, 0.15) is 5.82 Å². The van der Waals surface area contributed by atoms with E-state index in [1.165, 1.54) is 49.8 Å². The van der Waals surface area contributed by atoms with E-state index in [2.05, 4.69) is 38.5 Å². The molecule has 2 saturated heterocycles. The number of hydrazine groups is 1. The van der Waals surface area contributed by atoms with Crippen LogP contribution in [0.15, 0.2) is 18.2 Å². The number of likely N-dealkylation sites (tertiary alicyclic amines) is 2. The van der Waals surface area contributed by atoms with Crippen LogP contribution in [-0.2, 0) is 23.9 Å². The number of hydrogen-bond acceptors (Lipinski definition) is 5. The van der Waals surface area contributed by atoms with Crippen molar-refractivity contribution in [2.24, 2.45) is 11.8 Å². The fourth-order valence-electron chi connectivity index (χ4n) is 7.38. The molecule has 2 N–H and O–H groups in total. The molecule has 0 unspecified atom stereocenters. The van der Waals surface area contributed by atoms with Crippen molar-refractivity contribution in [2.45, 2.75) is 90.3 Å². The summed E-state index contributed by atoms with van der Waals surface area (Å²) in [6.45, 7) is 10.4. The standard InChI is InChI=1S/C29H46FN5O2S/c1-21(2)22-5-8-24(9-6-22)34-17-12-25(13-18-34)35-28-10-7-23(30)19-26(28)27(20-33-15-3-4-16-33)29(35)11-14-31-32-38(36)37/h7,10,19,21-22,24-25,31,38H,3-6,8-9,11-18,20H2,1-2H3,(H,32,36,37)/t22-,24+. The number of thiol groups is 1. The third-order valence-electron chi connectivity index (χ3n) is 9.48. The Balaban J connectivity index is 1.38. The largest absolute Gasteiger partial charge is 0.341 e. The van der Waals surface area contributed by atoms with Gasteiger partial charge in [-0.1, -0.05) is 13.8 Å². The molecule has 212 valence electrons. The Morgan fingerprint density at radius 2 is 1.68 bits per heavy atom. The van der Waals surface area contributed by atoms with Crippen LogP contribution in [0.5, 0.6) is 0 Å². The summed E-state index contributed by atoms with van der Waals surface area (Å²) >= 11 is 0. The fraction of sp³-hybridized carbons (Fsp3) is 0.724. The maximum Gasteiger partial charge on any atom is 0.214 e. The number of aromatic nitrogens is 1. The van der Waals surface area contributed by atoms with Gasteiger partial charge >= 0.3 is 0 Å². The first-order chi connectivity index (χ1) is 18.4. The molecule has 1 aliphatic carbocycles. The Labute approximate surface area is 229 Å². The molecular weight excluding hydrogens is 501 g/mol. The lowest BCUT2D eigenvalue weighted by atomic mass is 9.79. The van der Waals surface area contributed by atoms with Crippen molar-refractivity contribution in [1.29, 1.82) is 0 Å². The van der Waals surface area contributed by atoms with Crippen LogP contribution in [0.25, 0.3) is 10.9 Å². The molecule has 0 amide bonds. The molecule has 3 heterocycles. The number of piperidine rings is 1. The Morgan fingerprint density at radius 3 is 2.34 bits per heavy atom. The van der Waals surface area contributed by atoms with Crippen LogP contribution in [0.4, 0.5) is 4.39 Å². The third kappa shape index (κ3) is 6.44. The first kappa shape index (κ1) is 28.0. The van der Waals surface area contributed by atoms with Gasteiger partial charge in [-0.15, -0.1) is 0 Å². The number of nitrogens with one attached hydrogen (secondary N) is 2. The van der Waals surface area contributed by atoms with Gasteiger partial charge in [0.25, 0.3) is 0 Å². The van der Waals surface area contributed by atoms with E-state index in [9.17, 15) is 12.8 Å². The number of nitrogens with zero attached hydrogens (tertiary/aromatic N) is 3. The van der Waals surface area contributed by atoms with E-state index in [0.29, 0.717) is 19.0 Å². The second-order valence-corrected chi connectivity index (χ2v) is 12.8. The summed E-state index contributed by atoms with van der Waals surface area (Å²) in [6, 6.07) is 6.35. The van der Waals surface area contributed by atoms with Crippen LogP contribution in [0.2, 0.25) is 0 Å². The van der Waals surface area contributed by atoms with Crippen LogP contribution in [-0.4, -0.2) is 61.6 Å². The van der Waals surface area contributed by atoms with Crippen molar-refractivity contribution >= 4 is 21.8 Å². The minimum atomic E-state index is -2.69. The molecule has 2 aromatic rings. The SMILES string of the molecule is CC(C)[C@H]1CC[C@@H](N2CCC(n3c(CCNN[SH](=O)=O)c(CN4CCCC4)c4cc(F)ccc43)CC2)CC1. The van der Waals surface area contributed by atoms with Gasteiger partial charge in [0, 0.05) is 61.3 Å². The average molecular weight is 548 g/mol. The van der Waals surface area contributed by atoms with Gasteiger partial charge in [-0.25, -0.2) is 18.2 Å². The smallest absolute Gasteiger partial charge is 0.214 e. The highest BCUT2D eigenvalue weighted by molar-refractivity contribution is 7.70. The van der Waals surface area contributed by atoms with Crippen LogP contribution in [0.3, 0.4) is 0 Å². The summed E-state index contributed by atoms with van der Waals surface area (Å²) in [4.78, 5) is 7.53. The first-order valence-corrected chi connectivity index (χ1v) is 16.0. The Bertz CT molecular complexity index is 1140. The fourth-order valence-corrected chi connectivity index (χ4v) is 7.62. The lowest BCUT2D eigenvalue weighted by molar-refractivity contribution is 0.0889. The highest BCUT2D eigenvalue weighted by Crippen LogP contribution is 2.38. The van der Waals surface area contributed by atoms with Crippen molar-refractivity contribution < 1.29 is 12.8 Å². The van der Waals surface area contributed by atoms with E-state index >= 15 is 0 Å². The summed E-state index contributed by atoms with van der Waals surface area (Å²) in [5.74, 6) is 1.48. The van der Waals surface area contributed by atoms with Gasteiger partial charge in [0.05, 0.1) is 0 Å². The second-order valence-electron chi connectivity index (χ2n) is 12.1. The molecular formula is C29H46FN5O2S. The van der Waals surface area contributed by atoms with Crippen LogP contribution >= 0.6 is 0 Å². The van der Waals surface area contributed by atoms with E-state index in [-0.39, 0.29) is 5.82 Å². The van der Waals surface area contributed by atoms with Crippen molar-refractivity contribution in [3.63, 3.8) is 0 Å². The van der Waals surface area contributed by atoms with Crippen molar-refractivity contribution in [3.8, 4) is 0 Å². The Kier molecular flexibility index (Phi) is 9.42. The highest BCUT2D eigenvalue weighted by Gasteiger charge is 2.32. The Hall–Kier alpha value is -1.52. The summed E-state index contributed by atoms with van der Waals surface area (Å²) in [5, 5.41) is 1.02. The lowest BCUT2D eigenvalue weighted by Crippen LogP contribution is -2.44. The monoisotopic (exact) mass is 547 g/mol. The van der Waals surface area contributed by atoms with Crippen LogP contribution in [0, 0.1) is 17.7 Å². The minimum Gasteiger partial charge on any atom is -0.341 e. The highest BCUT2D eigenvalue weighted by atomic mass is 32.2. The predicted molar refractivity (Wildman–Crippen MR) is 152 cm³/mol. The summed E-state index contributed by atoms with van der Waals surface area (Å²) < 4.78 is 39.1. The quantitative estimate of drug-likeness (QED) is 0.234. The number of benzene rings is 1. The van der Waals surface area contributed by atoms with Gasteiger partial charge in [0.2, 0.25) is 10.9 Å². The number of halogens is 1. The van der Waals surface area contributed by atoms with Gasteiger partial charge in [-0.2, -0.15) is 4.83 Å². The van der Waals surface area contributed by atoms with E-state index in [1.54, 1.807) is 12.1 Å². The lowest BCUT2D eigenvalue weighted by Gasteiger charge is -2.42. The molecule has 0 atom stereocenters. The van der Waals surface area contributed by atoms with Gasteiger partial charge in [-0.3, -0.25) is 4.90 Å². The topological polar surface area (TPSA) is 69.6 Å². The Morgan fingerprint density at radius 1 is 0.974 bits per heavy atom. The number of fused-ring (bicyclic) bond motifs is 1. The molecule has 0 bridgehead atoms. The van der Waals surface area contributed by atoms with Crippen molar-refractivity contribution in [2.75, 3.05) is 32.7 Å². The zero-order valence-electron chi connectivity index (χ0n) is 23.1. The molecule has 1 aromatic heterocycles. The molecule has 7 nitrogen and oxygen atoms in total. The molecule has 3 aliphatic rings. The number of rotatable bonds is 10. The van der Waals surface area contributed by atoms with Crippen molar-refractivity contribution in [1.82, 2.24) is 24.6 Å². The van der Waals surface area contributed by atoms with E-state index in [0.717, 1.165) is 74.3 Å². The van der Waals surface area contributed by atoms with Crippen LogP contribution in [0.1, 0.15) is 82.5 Å². The van der Waals surface area contributed by atoms with Crippen LogP contribution < -0.4 is 10.3 Å². The predicted octanol–water partition coefficient (Wildman–Crippen LogP) is 4.39. The molecule has 9 heteroatoms.